The number of nitrogens with one attached hydrogen (secondary N) is 1. The van der Waals surface area contributed by atoms with Crippen LogP contribution in [0, 0.1) is 34.6 Å². The van der Waals surface area contributed by atoms with Gasteiger partial charge in [-0.2, -0.15) is 0 Å². The number of hydrogen-bond donors (Lipinski definition) is 1. The zero-order valence-electron chi connectivity index (χ0n) is 14.3. The fourth-order valence-electron chi connectivity index (χ4n) is 2.79. The molecule has 3 rings (SSSR count). The van der Waals surface area contributed by atoms with Crippen LogP contribution in [-0.2, 0) is 0 Å². The highest BCUT2D eigenvalue weighted by molar-refractivity contribution is 5.62. The molecule has 0 saturated heterocycles. The van der Waals surface area contributed by atoms with Gasteiger partial charge in [-0.3, -0.25) is 0 Å². The van der Waals surface area contributed by atoms with Gasteiger partial charge in [0.1, 0.15) is 0 Å². The molecule has 0 atom stereocenters. The van der Waals surface area contributed by atoms with Gasteiger partial charge in [0.25, 0.3) is 0 Å². The molecule has 0 aliphatic carbocycles. The van der Waals surface area contributed by atoms with E-state index in [1.54, 1.807) is 0 Å². The molecular formula is C20H26N2. The Hall–Kier alpha value is -2.22. The summed E-state index contributed by atoms with van der Waals surface area (Å²) in [6.45, 7) is 11.6. The van der Waals surface area contributed by atoms with E-state index in [0.717, 1.165) is 6.67 Å². The standard InChI is InChI=1S/C12H16N2.C8H10/c1-9-6-10(2)12(11(3)7-9)14-5-4-13-8-14;1-7-5-3-4-6-8(7)2/h4-7,13H,8H2,1-3H3;3-6H,1-2H3. The van der Waals surface area contributed by atoms with Crippen molar-refractivity contribution < 1.29 is 0 Å². The van der Waals surface area contributed by atoms with Crippen LogP contribution in [0.1, 0.15) is 27.8 Å². The van der Waals surface area contributed by atoms with E-state index in [1.165, 1.54) is 33.5 Å². The van der Waals surface area contributed by atoms with Crippen molar-refractivity contribution in [2.45, 2.75) is 34.6 Å². The molecule has 0 fully saturated rings. The average molecular weight is 294 g/mol. The molecule has 0 aromatic heterocycles. The normalized spacial score (nSPS) is 12.7. The highest BCUT2D eigenvalue weighted by Crippen LogP contribution is 2.26. The molecule has 2 aromatic rings. The van der Waals surface area contributed by atoms with Gasteiger partial charge in [-0.15, -0.1) is 0 Å². The van der Waals surface area contributed by atoms with Crippen LogP contribution in [0.5, 0.6) is 0 Å². The number of anilines is 1. The van der Waals surface area contributed by atoms with Gasteiger partial charge in [-0.1, -0.05) is 42.0 Å². The molecule has 22 heavy (non-hydrogen) atoms. The molecule has 0 radical (unpaired) electrons. The van der Waals surface area contributed by atoms with Crippen molar-refractivity contribution >= 4 is 5.69 Å². The van der Waals surface area contributed by atoms with Crippen molar-refractivity contribution in [1.82, 2.24) is 5.32 Å². The van der Waals surface area contributed by atoms with Crippen LogP contribution in [0.2, 0.25) is 0 Å². The first kappa shape index (κ1) is 16.2. The van der Waals surface area contributed by atoms with E-state index >= 15 is 0 Å². The lowest BCUT2D eigenvalue weighted by atomic mass is 10.0. The molecule has 0 spiro atoms. The second-order valence-electron chi connectivity index (χ2n) is 5.98. The topological polar surface area (TPSA) is 15.3 Å². The lowest BCUT2D eigenvalue weighted by molar-refractivity contribution is 0.894. The summed E-state index contributed by atoms with van der Waals surface area (Å²) in [5.41, 5.74) is 8.09. The highest BCUT2D eigenvalue weighted by Gasteiger charge is 2.12. The van der Waals surface area contributed by atoms with Crippen LogP contribution in [-0.4, -0.2) is 6.67 Å². The van der Waals surface area contributed by atoms with Crippen LogP contribution in [0.3, 0.4) is 0 Å². The summed E-state index contributed by atoms with van der Waals surface area (Å²) in [6.07, 6.45) is 4.07. The average Bonchev–Trinajstić information content (AvgIpc) is 2.95. The summed E-state index contributed by atoms with van der Waals surface area (Å²) < 4.78 is 0. The summed E-state index contributed by atoms with van der Waals surface area (Å²) in [6, 6.07) is 12.8. The van der Waals surface area contributed by atoms with Crippen molar-refractivity contribution in [2.24, 2.45) is 0 Å². The zero-order valence-corrected chi connectivity index (χ0v) is 14.3. The number of hydrogen-bond acceptors (Lipinski definition) is 2. The van der Waals surface area contributed by atoms with Gasteiger partial charge in [0.05, 0.1) is 6.67 Å². The summed E-state index contributed by atoms with van der Waals surface area (Å²) in [7, 11) is 0. The van der Waals surface area contributed by atoms with Crippen LogP contribution in [0.15, 0.2) is 48.8 Å². The van der Waals surface area contributed by atoms with E-state index in [1.807, 2.05) is 6.20 Å². The first-order chi connectivity index (χ1) is 10.5. The molecule has 0 saturated carbocycles. The van der Waals surface area contributed by atoms with E-state index < -0.39 is 0 Å². The zero-order chi connectivity index (χ0) is 16.1. The van der Waals surface area contributed by atoms with E-state index in [2.05, 4.69) is 87.4 Å². The Morgan fingerprint density at radius 1 is 0.818 bits per heavy atom. The minimum absolute atomic E-state index is 0.880. The lowest BCUT2D eigenvalue weighted by Gasteiger charge is -2.20. The fraction of sp³-hybridized carbons (Fsp3) is 0.300. The molecule has 2 aromatic carbocycles. The Morgan fingerprint density at radius 3 is 1.77 bits per heavy atom. The minimum atomic E-state index is 0.880. The van der Waals surface area contributed by atoms with E-state index in [0.29, 0.717) is 0 Å². The monoisotopic (exact) mass is 294 g/mol. The largest absolute Gasteiger partial charge is 0.372 e. The maximum Gasteiger partial charge on any atom is 0.0916 e. The molecule has 1 aliphatic rings. The van der Waals surface area contributed by atoms with Crippen LogP contribution in [0.25, 0.3) is 0 Å². The predicted molar refractivity (Wildman–Crippen MR) is 96.2 cm³/mol. The Bertz CT molecular complexity index is 627. The van der Waals surface area contributed by atoms with Crippen molar-refractivity contribution in [3.8, 4) is 0 Å². The van der Waals surface area contributed by atoms with Crippen LogP contribution < -0.4 is 10.2 Å². The second kappa shape index (κ2) is 7.17. The van der Waals surface area contributed by atoms with Gasteiger partial charge in [0.2, 0.25) is 0 Å². The number of benzene rings is 2. The molecule has 0 bridgehead atoms. The maximum absolute atomic E-state index is 3.19. The van der Waals surface area contributed by atoms with Gasteiger partial charge in [-0.05, 0) is 56.9 Å². The molecule has 0 unspecified atom stereocenters. The smallest absolute Gasteiger partial charge is 0.0916 e. The van der Waals surface area contributed by atoms with Gasteiger partial charge in [0.15, 0.2) is 0 Å². The predicted octanol–water partition coefficient (Wildman–Crippen LogP) is 4.75. The van der Waals surface area contributed by atoms with Gasteiger partial charge >= 0.3 is 0 Å². The molecule has 0 amide bonds. The van der Waals surface area contributed by atoms with Crippen LogP contribution >= 0.6 is 0 Å². The number of nitrogens with zero attached hydrogens (tertiary/aromatic N) is 1. The van der Waals surface area contributed by atoms with Crippen molar-refractivity contribution in [3.63, 3.8) is 0 Å². The molecular weight excluding hydrogens is 268 g/mol. The maximum atomic E-state index is 3.19. The SMILES string of the molecule is Cc1cc(C)c(N2C=CNC2)c(C)c1.Cc1ccccc1C. The molecule has 1 heterocycles. The van der Waals surface area contributed by atoms with Crippen LogP contribution in [0.4, 0.5) is 5.69 Å². The molecule has 1 aliphatic heterocycles. The number of aryl methyl sites for hydroxylation is 5. The Morgan fingerprint density at radius 2 is 1.36 bits per heavy atom. The molecule has 1 N–H and O–H groups in total. The van der Waals surface area contributed by atoms with Crippen molar-refractivity contribution in [2.75, 3.05) is 11.6 Å². The van der Waals surface area contributed by atoms with E-state index in [4.69, 9.17) is 0 Å². The van der Waals surface area contributed by atoms with Crippen molar-refractivity contribution in [1.29, 1.82) is 0 Å². The van der Waals surface area contributed by atoms with Gasteiger partial charge < -0.3 is 10.2 Å². The highest BCUT2D eigenvalue weighted by atomic mass is 15.2. The third kappa shape index (κ3) is 3.91. The summed E-state index contributed by atoms with van der Waals surface area (Å²) in [4.78, 5) is 2.24. The first-order valence-corrected chi connectivity index (χ1v) is 7.76. The van der Waals surface area contributed by atoms with Crippen molar-refractivity contribution in [3.05, 3.63) is 76.6 Å². The Labute approximate surface area is 134 Å². The lowest BCUT2D eigenvalue weighted by Crippen LogP contribution is -2.21. The molecule has 2 heteroatoms. The van der Waals surface area contributed by atoms with E-state index in [-0.39, 0.29) is 0 Å². The van der Waals surface area contributed by atoms with Gasteiger partial charge in [0, 0.05) is 18.1 Å². The quantitative estimate of drug-likeness (QED) is 0.816. The van der Waals surface area contributed by atoms with E-state index in [9.17, 15) is 0 Å². The Kier molecular flexibility index (Phi) is 5.26. The second-order valence-corrected chi connectivity index (χ2v) is 5.98. The fourth-order valence-corrected chi connectivity index (χ4v) is 2.79. The Balaban J connectivity index is 0.000000188. The summed E-state index contributed by atoms with van der Waals surface area (Å²) in [5.74, 6) is 0. The minimum Gasteiger partial charge on any atom is -0.372 e. The molecule has 2 nitrogen and oxygen atoms in total. The third-order valence-electron chi connectivity index (χ3n) is 3.98. The first-order valence-electron chi connectivity index (χ1n) is 7.76. The summed E-state index contributed by atoms with van der Waals surface area (Å²) >= 11 is 0. The molecule has 116 valence electrons. The van der Waals surface area contributed by atoms with Gasteiger partial charge in [-0.25, -0.2) is 0 Å². The number of rotatable bonds is 1. The third-order valence-corrected chi connectivity index (χ3v) is 3.98. The summed E-state index contributed by atoms with van der Waals surface area (Å²) in [5, 5.41) is 3.19.